The van der Waals surface area contributed by atoms with Crippen LogP contribution in [0.3, 0.4) is 0 Å². The maximum absolute atomic E-state index is 11.7. The summed E-state index contributed by atoms with van der Waals surface area (Å²) >= 11 is 10.7. The maximum atomic E-state index is 11.7. The number of carbonyl (C=O) groups excluding carboxylic acids is 1. The maximum Gasteiger partial charge on any atom is 0.224 e. The number of halogens is 1. The van der Waals surface area contributed by atoms with E-state index in [4.69, 9.17) is 29.6 Å². The summed E-state index contributed by atoms with van der Waals surface area (Å²) < 4.78 is 0. The molecule has 3 nitrogen and oxygen atoms in total. The first kappa shape index (κ1) is 13.9. The lowest BCUT2D eigenvalue weighted by atomic mass is 10.1. The monoisotopic (exact) mass is 270 g/mol. The van der Waals surface area contributed by atoms with Crippen molar-refractivity contribution in [2.75, 3.05) is 0 Å². The van der Waals surface area contributed by atoms with Gasteiger partial charge >= 0.3 is 0 Å². The summed E-state index contributed by atoms with van der Waals surface area (Å²) in [5.41, 5.74) is 6.22. The predicted octanol–water partition coefficient (Wildman–Crippen LogP) is 2.06. The first-order chi connectivity index (χ1) is 7.99. The molecule has 0 aliphatic rings. The summed E-state index contributed by atoms with van der Waals surface area (Å²) in [4.78, 5) is 12.1. The summed E-state index contributed by atoms with van der Waals surface area (Å²) in [7, 11) is 0. The van der Waals surface area contributed by atoms with Crippen LogP contribution in [0.25, 0.3) is 0 Å². The molecular formula is C12H15ClN2OS. The van der Waals surface area contributed by atoms with Crippen LogP contribution in [-0.2, 0) is 11.2 Å². The van der Waals surface area contributed by atoms with E-state index in [1.54, 1.807) is 6.07 Å². The normalized spacial score (nSPS) is 11.9. The van der Waals surface area contributed by atoms with Crippen LogP contribution in [-0.4, -0.2) is 16.9 Å². The number of carbonyl (C=O) groups is 1. The van der Waals surface area contributed by atoms with Gasteiger partial charge in [-0.2, -0.15) is 0 Å². The number of benzene rings is 1. The molecule has 1 aromatic rings. The fourth-order valence-corrected chi connectivity index (χ4v) is 1.95. The van der Waals surface area contributed by atoms with Gasteiger partial charge in [-0.3, -0.25) is 4.79 Å². The van der Waals surface area contributed by atoms with E-state index in [-0.39, 0.29) is 18.4 Å². The van der Waals surface area contributed by atoms with Crippen LogP contribution in [0.4, 0.5) is 0 Å². The molecule has 5 heteroatoms. The van der Waals surface area contributed by atoms with Crippen LogP contribution in [0.5, 0.6) is 0 Å². The van der Waals surface area contributed by atoms with Gasteiger partial charge in [-0.15, -0.1) is 0 Å². The third-order valence-electron chi connectivity index (χ3n) is 2.22. The molecule has 92 valence electrons. The van der Waals surface area contributed by atoms with E-state index in [9.17, 15) is 4.79 Å². The largest absolute Gasteiger partial charge is 0.393 e. The van der Waals surface area contributed by atoms with Crippen molar-refractivity contribution in [1.82, 2.24) is 5.32 Å². The van der Waals surface area contributed by atoms with Gasteiger partial charge < -0.3 is 11.1 Å². The molecule has 3 N–H and O–H groups in total. The second kappa shape index (κ2) is 6.57. The van der Waals surface area contributed by atoms with Gasteiger partial charge in [0.25, 0.3) is 0 Å². The molecule has 1 atom stereocenters. The summed E-state index contributed by atoms with van der Waals surface area (Å²) in [6, 6.07) is 7.23. The molecule has 0 bridgehead atoms. The standard InChI is InChI=1S/C12H15ClN2OS/c1-8(6-11(14)17)15-12(16)7-9-4-2-3-5-10(9)13/h2-5,8H,6-7H2,1H3,(H2,14,17)(H,15,16). The zero-order valence-electron chi connectivity index (χ0n) is 9.57. The molecule has 1 aromatic carbocycles. The fraction of sp³-hybridized carbons (Fsp3) is 0.333. The first-order valence-electron chi connectivity index (χ1n) is 5.30. The minimum atomic E-state index is -0.0816. The number of rotatable bonds is 5. The van der Waals surface area contributed by atoms with Gasteiger partial charge in [0.05, 0.1) is 11.4 Å². The lowest BCUT2D eigenvalue weighted by molar-refractivity contribution is -0.120. The molecule has 1 amide bonds. The second-order valence-electron chi connectivity index (χ2n) is 3.91. The molecule has 0 spiro atoms. The number of nitrogens with two attached hydrogens (primary N) is 1. The van der Waals surface area contributed by atoms with E-state index in [1.807, 2.05) is 25.1 Å². The van der Waals surface area contributed by atoms with Crippen LogP contribution in [0.2, 0.25) is 5.02 Å². The molecule has 0 radical (unpaired) electrons. The van der Waals surface area contributed by atoms with Gasteiger partial charge in [0.2, 0.25) is 5.91 Å². The van der Waals surface area contributed by atoms with E-state index in [0.29, 0.717) is 16.4 Å². The number of amides is 1. The van der Waals surface area contributed by atoms with Crippen LogP contribution in [0.1, 0.15) is 18.9 Å². The van der Waals surface area contributed by atoms with Crippen molar-refractivity contribution >= 4 is 34.7 Å². The van der Waals surface area contributed by atoms with Crippen molar-refractivity contribution in [3.63, 3.8) is 0 Å². The Bertz CT molecular complexity index is 423. The molecule has 1 unspecified atom stereocenters. The fourth-order valence-electron chi connectivity index (χ4n) is 1.49. The van der Waals surface area contributed by atoms with Crippen LogP contribution in [0, 0.1) is 0 Å². The average Bonchev–Trinajstić information content (AvgIpc) is 2.19. The van der Waals surface area contributed by atoms with E-state index in [0.717, 1.165) is 5.56 Å². The molecule has 0 fully saturated rings. The Hall–Kier alpha value is -1.13. The van der Waals surface area contributed by atoms with Crippen molar-refractivity contribution in [2.24, 2.45) is 5.73 Å². The van der Waals surface area contributed by atoms with Crippen molar-refractivity contribution in [3.8, 4) is 0 Å². The van der Waals surface area contributed by atoms with E-state index in [2.05, 4.69) is 5.32 Å². The van der Waals surface area contributed by atoms with Crippen molar-refractivity contribution in [3.05, 3.63) is 34.9 Å². The molecule has 0 aliphatic heterocycles. The number of nitrogens with one attached hydrogen (secondary N) is 1. The molecule has 0 heterocycles. The van der Waals surface area contributed by atoms with Gasteiger partial charge in [0.1, 0.15) is 0 Å². The zero-order valence-corrected chi connectivity index (χ0v) is 11.1. The Labute approximate surface area is 111 Å². The summed E-state index contributed by atoms with van der Waals surface area (Å²) in [5, 5.41) is 3.42. The molecular weight excluding hydrogens is 256 g/mol. The molecule has 0 saturated carbocycles. The number of hydrogen-bond donors (Lipinski definition) is 2. The minimum absolute atomic E-state index is 0.0533. The smallest absolute Gasteiger partial charge is 0.224 e. The van der Waals surface area contributed by atoms with E-state index in [1.165, 1.54) is 0 Å². The average molecular weight is 271 g/mol. The summed E-state index contributed by atoms with van der Waals surface area (Å²) in [5.74, 6) is -0.0816. The topological polar surface area (TPSA) is 55.1 Å². The molecule has 17 heavy (non-hydrogen) atoms. The van der Waals surface area contributed by atoms with Gasteiger partial charge in [-0.05, 0) is 18.6 Å². The highest BCUT2D eigenvalue weighted by atomic mass is 35.5. The Balaban J connectivity index is 2.50. The lowest BCUT2D eigenvalue weighted by Gasteiger charge is -2.13. The number of hydrogen-bond acceptors (Lipinski definition) is 2. The van der Waals surface area contributed by atoms with Gasteiger partial charge in [0, 0.05) is 17.5 Å². The Morgan fingerprint density at radius 2 is 2.18 bits per heavy atom. The molecule has 0 aliphatic carbocycles. The summed E-state index contributed by atoms with van der Waals surface area (Å²) in [6.45, 7) is 1.86. The SMILES string of the molecule is CC(CC(N)=S)NC(=O)Cc1ccccc1Cl. The third-order valence-corrected chi connectivity index (χ3v) is 2.76. The highest BCUT2D eigenvalue weighted by molar-refractivity contribution is 7.80. The van der Waals surface area contributed by atoms with Gasteiger partial charge in [-0.1, -0.05) is 42.0 Å². The molecule has 0 aromatic heterocycles. The van der Waals surface area contributed by atoms with E-state index >= 15 is 0 Å². The second-order valence-corrected chi connectivity index (χ2v) is 4.84. The van der Waals surface area contributed by atoms with Crippen LogP contribution >= 0.6 is 23.8 Å². The Morgan fingerprint density at radius 1 is 1.53 bits per heavy atom. The third kappa shape index (κ3) is 5.15. The molecule has 1 rings (SSSR count). The Morgan fingerprint density at radius 3 is 2.76 bits per heavy atom. The van der Waals surface area contributed by atoms with Crippen LogP contribution in [0.15, 0.2) is 24.3 Å². The van der Waals surface area contributed by atoms with Crippen molar-refractivity contribution in [2.45, 2.75) is 25.8 Å². The van der Waals surface area contributed by atoms with E-state index < -0.39 is 0 Å². The highest BCUT2D eigenvalue weighted by Crippen LogP contribution is 2.15. The van der Waals surface area contributed by atoms with Crippen molar-refractivity contribution in [1.29, 1.82) is 0 Å². The molecule has 0 saturated heterocycles. The first-order valence-corrected chi connectivity index (χ1v) is 6.08. The predicted molar refractivity (Wildman–Crippen MR) is 74.2 cm³/mol. The highest BCUT2D eigenvalue weighted by Gasteiger charge is 2.10. The van der Waals surface area contributed by atoms with Crippen LogP contribution < -0.4 is 11.1 Å². The lowest BCUT2D eigenvalue weighted by Crippen LogP contribution is -2.36. The van der Waals surface area contributed by atoms with Gasteiger partial charge in [-0.25, -0.2) is 0 Å². The number of thiocarbonyl (C=S) groups is 1. The van der Waals surface area contributed by atoms with Gasteiger partial charge in [0.15, 0.2) is 0 Å². The summed E-state index contributed by atoms with van der Waals surface area (Å²) in [6.07, 6.45) is 0.769. The quantitative estimate of drug-likeness (QED) is 0.806. The Kier molecular flexibility index (Phi) is 5.38. The minimum Gasteiger partial charge on any atom is -0.393 e. The zero-order chi connectivity index (χ0) is 12.8. The van der Waals surface area contributed by atoms with Crippen molar-refractivity contribution < 1.29 is 4.79 Å².